The first-order chi connectivity index (χ1) is 10.9. The molecule has 3 heteroatoms. The summed E-state index contributed by atoms with van der Waals surface area (Å²) in [5, 5.41) is 0. The largest absolute Gasteiger partial charge is 0.481 e. The molecule has 0 aromatic heterocycles. The molecule has 0 radical (unpaired) electrons. The molecule has 0 spiro atoms. The van der Waals surface area contributed by atoms with Crippen molar-refractivity contribution in [3.63, 3.8) is 0 Å². The zero-order valence-corrected chi connectivity index (χ0v) is 14.6. The Labute approximate surface area is 138 Å². The summed E-state index contributed by atoms with van der Waals surface area (Å²) in [6.07, 6.45) is -0.508. The predicted octanol–water partition coefficient (Wildman–Crippen LogP) is 4.04. The summed E-state index contributed by atoms with van der Waals surface area (Å²) in [5.41, 5.74) is 4.49. The van der Waals surface area contributed by atoms with Gasteiger partial charge in [0.15, 0.2) is 6.10 Å². The molecule has 0 aliphatic carbocycles. The third kappa shape index (κ3) is 4.59. The van der Waals surface area contributed by atoms with Crippen LogP contribution in [0.2, 0.25) is 0 Å². The molecule has 3 nitrogen and oxygen atoms in total. The lowest BCUT2D eigenvalue weighted by atomic mass is 10.1. The fourth-order valence-electron chi connectivity index (χ4n) is 2.43. The lowest BCUT2D eigenvalue weighted by Gasteiger charge is -2.23. The standard InChI is InChI=1S/C20H25NO2/c1-14-7-10-18(11-8-14)13-21(5)20(22)17(4)23-19-12-15(2)6-9-16(19)3/h6-12,17H,13H2,1-5H3/t17-/m1/s1. The van der Waals surface area contributed by atoms with Crippen molar-refractivity contribution in [3.8, 4) is 5.75 Å². The molecule has 1 amide bonds. The van der Waals surface area contributed by atoms with Crippen molar-refractivity contribution < 1.29 is 9.53 Å². The maximum Gasteiger partial charge on any atom is 0.263 e. The van der Waals surface area contributed by atoms with Crippen molar-refractivity contribution in [2.75, 3.05) is 7.05 Å². The molecule has 1 atom stereocenters. The lowest BCUT2D eigenvalue weighted by Crippen LogP contribution is -2.37. The fourth-order valence-corrected chi connectivity index (χ4v) is 2.43. The number of ether oxygens (including phenoxy) is 1. The Morgan fingerprint density at radius 2 is 1.65 bits per heavy atom. The SMILES string of the molecule is Cc1ccc(CN(C)C(=O)[C@@H](C)Oc2cc(C)ccc2C)cc1. The van der Waals surface area contributed by atoms with Crippen LogP contribution in [-0.4, -0.2) is 24.0 Å². The van der Waals surface area contributed by atoms with E-state index in [9.17, 15) is 4.79 Å². The van der Waals surface area contributed by atoms with E-state index in [1.165, 1.54) is 5.56 Å². The van der Waals surface area contributed by atoms with E-state index in [1.54, 1.807) is 11.8 Å². The van der Waals surface area contributed by atoms with Crippen LogP contribution < -0.4 is 4.74 Å². The van der Waals surface area contributed by atoms with Gasteiger partial charge in [-0.25, -0.2) is 0 Å². The van der Waals surface area contributed by atoms with Gasteiger partial charge in [-0.15, -0.1) is 0 Å². The van der Waals surface area contributed by atoms with E-state index in [0.29, 0.717) is 6.54 Å². The molecule has 0 unspecified atom stereocenters. The van der Waals surface area contributed by atoms with Gasteiger partial charge in [0, 0.05) is 13.6 Å². The topological polar surface area (TPSA) is 29.5 Å². The van der Waals surface area contributed by atoms with Crippen molar-refractivity contribution in [2.45, 2.75) is 40.3 Å². The number of carbonyl (C=O) groups is 1. The average Bonchev–Trinajstić information content (AvgIpc) is 2.52. The number of benzene rings is 2. The van der Waals surface area contributed by atoms with Crippen LogP contribution >= 0.6 is 0 Å². The molecular weight excluding hydrogens is 286 g/mol. The normalized spacial score (nSPS) is 11.9. The Morgan fingerprint density at radius 3 is 2.30 bits per heavy atom. The maximum atomic E-state index is 12.5. The highest BCUT2D eigenvalue weighted by Crippen LogP contribution is 2.21. The summed E-state index contributed by atoms with van der Waals surface area (Å²) in [7, 11) is 1.81. The summed E-state index contributed by atoms with van der Waals surface area (Å²) >= 11 is 0. The van der Waals surface area contributed by atoms with Crippen LogP contribution in [0.3, 0.4) is 0 Å². The van der Waals surface area contributed by atoms with Gasteiger partial charge in [0.1, 0.15) is 5.75 Å². The van der Waals surface area contributed by atoms with Crippen LogP contribution in [0.15, 0.2) is 42.5 Å². The first kappa shape index (κ1) is 17.1. The number of amides is 1. The third-order valence-corrected chi connectivity index (χ3v) is 3.91. The second-order valence-electron chi connectivity index (χ2n) is 6.21. The number of likely N-dealkylation sites (N-methyl/N-ethyl adjacent to an activating group) is 1. The smallest absolute Gasteiger partial charge is 0.263 e. The lowest BCUT2D eigenvalue weighted by molar-refractivity contribution is -0.137. The van der Waals surface area contributed by atoms with E-state index in [2.05, 4.69) is 31.2 Å². The Morgan fingerprint density at radius 1 is 1.04 bits per heavy atom. The summed E-state index contributed by atoms with van der Waals surface area (Å²) in [6.45, 7) is 8.44. The van der Waals surface area contributed by atoms with Gasteiger partial charge in [0.25, 0.3) is 5.91 Å². The van der Waals surface area contributed by atoms with Gasteiger partial charge in [-0.2, -0.15) is 0 Å². The first-order valence-corrected chi connectivity index (χ1v) is 7.91. The monoisotopic (exact) mass is 311 g/mol. The van der Waals surface area contributed by atoms with Crippen LogP contribution in [0.5, 0.6) is 5.75 Å². The van der Waals surface area contributed by atoms with Gasteiger partial charge >= 0.3 is 0 Å². The van der Waals surface area contributed by atoms with E-state index in [4.69, 9.17) is 4.74 Å². The molecule has 0 saturated heterocycles. The second-order valence-corrected chi connectivity index (χ2v) is 6.21. The average molecular weight is 311 g/mol. The van der Waals surface area contributed by atoms with E-state index < -0.39 is 6.10 Å². The highest BCUT2D eigenvalue weighted by Gasteiger charge is 2.20. The highest BCUT2D eigenvalue weighted by atomic mass is 16.5. The van der Waals surface area contributed by atoms with E-state index in [1.807, 2.05) is 39.1 Å². The van der Waals surface area contributed by atoms with Gasteiger partial charge in [0.05, 0.1) is 0 Å². The zero-order valence-electron chi connectivity index (χ0n) is 14.6. The number of hydrogen-bond donors (Lipinski definition) is 0. The first-order valence-electron chi connectivity index (χ1n) is 7.91. The minimum absolute atomic E-state index is 0.0218. The molecule has 23 heavy (non-hydrogen) atoms. The molecule has 2 aromatic carbocycles. The molecule has 0 aliphatic heterocycles. The zero-order chi connectivity index (χ0) is 17.0. The van der Waals surface area contributed by atoms with Gasteiger partial charge < -0.3 is 9.64 Å². The summed E-state index contributed by atoms with van der Waals surface area (Å²) < 4.78 is 5.87. The maximum absolute atomic E-state index is 12.5. The van der Waals surface area contributed by atoms with E-state index in [-0.39, 0.29) is 5.91 Å². The van der Waals surface area contributed by atoms with Crippen LogP contribution in [0, 0.1) is 20.8 Å². The van der Waals surface area contributed by atoms with Crippen LogP contribution in [0.4, 0.5) is 0 Å². The molecular formula is C20H25NO2. The fraction of sp³-hybridized carbons (Fsp3) is 0.350. The molecule has 0 N–H and O–H groups in total. The molecule has 122 valence electrons. The molecule has 2 aromatic rings. The Balaban J connectivity index is 2.00. The Bertz CT molecular complexity index is 677. The van der Waals surface area contributed by atoms with Crippen molar-refractivity contribution in [1.29, 1.82) is 0 Å². The van der Waals surface area contributed by atoms with Gasteiger partial charge in [-0.05, 0) is 50.5 Å². The number of hydrogen-bond acceptors (Lipinski definition) is 2. The highest BCUT2D eigenvalue weighted by molar-refractivity contribution is 5.80. The Kier molecular flexibility index (Phi) is 5.43. The molecule has 2 rings (SSSR count). The van der Waals surface area contributed by atoms with Gasteiger partial charge in [-0.1, -0.05) is 42.0 Å². The van der Waals surface area contributed by atoms with Crippen LogP contribution in [0.25, 0.3) is 0 Å². The van der Waals surface area contributed by atoms with E-state index >= 15 is 0 Å². The van der Waals surface area contributed by atoms with Gasteiger partial charge in [0.2, 0.25) is 0 Å². The van der Waals surface area contributed by atoms with Crippen molar-refractivity contribution in [2.24, 2.45) is 0 Å². The molecule has 0 aliphatic rings. The molecule has 0 fully saturated rings. The molecule has 0 saturated carbocycles. The van der Waals surface area contributed by atoms with E-state index in [0.717, 1.165) is 22.4 Å². The third-order valence-electron chi connectivity index (χ3n) is 3.91. The number of carbonyl (C=O) groups excluding carboxylic acids is 1. The summed E-state index contributed by atoms with van der Waals surface area (Å²) in [6, 6.07) is 14.2. The molecule has 0 heterocycles. The second kappa shape index (κ2) is 7.32. The minimum atomic E-state index is -0.508. The van der Waals surface area contributed by atoms with Crippen molar-refractivity contribution in [1.82, 2.24) is 4.90 Å². The Hall–Kier alpha value is -2.29. The van der Waals surface area contributed by atoms with Crippen molar-refractivity contribution >= 4 is 5.91 Å². The predicted molar refractivity (Wildman–Crippen MR) is 93.7 cm³/mol. The number of nitrogens with zero attached hydrogens (tertiary/aromatic N) is 1. The molecule has 0 bridgehead atoms. The van der Waals surface area contributed by atoms with Crippen LogP contribution in [-0.2, 0) is 11.3 Å². The quantitative estimate of drug-likeness (QED) is 0.834. The minimum Gasteiger partial charge on any atom is -0.481 e. The summed E-state index contributed by atoms with van der Waals surface area (Å²) in [5.74, 6) is 0.751. The summed E-state index contributed by atoms with van der Waals surface area (Å²) in [4.78, 5) is 14.2. The van der Waals surface area contributed by atoms with Crippen LogP contribution in [0.1, 0.15) is 29.2 Å². The number of aryl methyl sites for hydroxylation is 3. The van der Waals surface area contributed by atoms with Gasteiger partial charge in [-0.3, -0.25) is 4.79 Å². The van der Waals surface area contributed by atoms with Crippen molar-refractivity contribution in [3.05, 3.63) is 64.7 Å². The number of rotatable bonds is 5.